The van der Waals surface area contributed by atoms with Crippen LogP contribution in [0.25, 0.3) is 0 Å². The van der Waals surface area contributed by atoms with Crippen LogP contribution >= 0.6 is 0 Å². The van der Waals surface area contributed by atoms with Crippen molar-refractivity contribution in [3.05, 3.63) is 0 Å². The molecule has 1 heterocycles. The first-order valence-corrected chi connectivity index (χ1v) is 6.84. The van der Waals surface area contributed by atoms with Crippen LogP contribution in [-0.4, -0.2) is 44.7 Å². The van der Waals surface area contributed by atoms with Crippen molar-refractivity contribution in [2.24, 2.45) is 5.41 Å². The van der Waals surface area contributed by atoms with Crippen LogP contribution in [-0.2, 0) is 9.53 Å². The average Bonchev–Trinajstić information content (AvgIpc) is 2.68. The molecule has 1 amide bonds. The zero-order valence-corrected chi connectivity index (χ0v) is 11.3. The van der Waals surface area contributed by atoms with Gasteiger partial charge < -0.3 is 10.1 Å². The largest absolute Gasteiger partial charge is 0.385 e. The molecule has 2 N–H and O–H groups in total. The van der Waals surface area contributed by atoms with Crippen molar-refractivity contribution in [2.75, 3.05) is 26.8 Å². The number of hydrogen-bond acceptors (Lipinski definition) is 3. The van der Waals surface area contributed by atoms with E-state index in [1.807, 2.05) is 0 Å². The highest BCUT2D eigenvalue weighted by atomic mass is 19.3. The monoisotopic (exact) mass is 276 g/mol. The van der Waals surface area contributed by atoms with Gasteiger partial charge in [0.25, 0.3) is 5.92 Å². The van der Waals surface area contributed by atoms with Gasteiger partial charge in [-0.25, -0.2) is 8.78 Å². The topological polar surface area (TPSA) is 50.4 Å². The van der Waals surface area contributed by atoms with Crippen molar-refractivity contribution in [2.45, 2.75) is 44.1 Å². The zero-order chi connectivity index (χ0) is 13.9. The van der Waals surface area contributed by atoms with E-state index >= 15 is 0 Å². The predicted octanol–water partition coefficient (Wildman–Crippen LogP) is 1.31. The van der Waals surface area contributed by atoms with Gasteiger partial charge in [-0.15, -0.1) is 0 Å². The molecule has 1 aliphatic carbocycles. The molecule has 1 atom stereocenters. The third-order valence-corrected chi connectivity index (χ3v) is 4.31. The number of carbonyl (C=O) groups is 1. The maximum absolute atomic E-state index is 13.0. The first kappa shape index (κ1) is 14.7. The van der Waals surface area contributed by atoms with Gasteiger partial charge in [-0.1, -0.05) is 6.42 Å². The normalized spacial score (nSPS) is 27.8. The first-order valence-electron chi connectivity index (χ1n) is 6.84. The minimum absolute atomic E-state index is 0.118. The fraction of sp³-hybridized carbons (Fsp3) is 0.923. The Morgan fingerprint density at radius 2 is 2.21 bits per heavy atom. The Hall–Kier alpha value is -0.750. The Kier molecular flexibility index (Phi) is 4.40. The van der Waals surface area contributed by atoms with Crippen molar-refractivity contribution in [1.82, 2.24) is 10.6 Å². The second-order valence-electron chi connectivity index (χ2n) is 5.81. The predicted molar refractivity (Wildman–Crippen MR) is 67.1 cm³/mol. The maximum Gasteiger partial charge on any atom is 0.262 e. The van der Waals surface area contributed by atoms with Crippen LogP contribution in [0.15, 0.2) is 0 Å². The number of hydrogen-bond donors (Lipinski definition) is 2. The maximum atomic E-state index is 13.0. The molecule has 2 fully saturated rings. The lowest BCUT2D eigenvalue weighted by atomic mass is 9.66. The zero-order valence-electron chi connectivity index (χ0n) is 11.3. The molecule has 2 rings (SSSR count). The summed E-state index contributed by atoms with van der Waals surface area (Å²) in [4.78, 5) is 11.9. The lowest BCUT2D eigenvalue weighted by Crippen LogP contribution is -2.47. The molecule has 19 heavy (non-hydrogen) atoms. The Morgan fingerprint density at radius 3 is 2.68 bits per heavy atom. The molecule has 0 spiro atoms. The number of ether oxygens (including phenoxy) is 1. The summed E-state index contributed by atoms with van der Waals surface area (Å²) >= 11 is 0. The molecule has 1 aliphatic heterocycles. The summed E-state index contributed by atoms with van der Waals surface area (Å²) in [5.74, 6) is -3.06. The molecule has 0 radical (unpaired) electrons. The minimum Gasteiger partial charge on any atom is -0.385 e. The van der Waals surface area contributed by atoms with E-state index in [4.69, 9.17) is 4.74 Å². The molecule has 110 valence electrons. The molecule has 0 aromatic carbocycles. The van der Waals surface area contributed by atoms with Gasteiger partial charge in [0.15, 0.2) is 0 Å². The average molecular weight is 276 g/mol. The lowest BCUT2D eigenvalue weighted by Gasteiger charge is -2.42. The number of halogens is 2. The van der Waals surface area contributed by atoms with Gasteiger partial charge >= 0.3 is 0 Å². The number of methoxy groups -OCH3 is 1. The molecule has 1 unspecified atom stereocenters. The molecule has 2 aliphatic rings. The summed E-state index contributed by atoms with van der Waals surface area (Å²) in [6.45, 7) is 0.842. The highest BCUT2D eigenvalue weighted by molar-refractivity contribution is 5.82. The standard InChI is InChI=1S/C13H22F2N2O2/c1-19-6-5-12(3-2-4-12)8-17-11(18)10-7-13(14,15)9-16-10/h10,16H,2-9H2,1H3,(H,17,18). The molecule has 6 heteroatoms. The second-order valence-corrected chi connectivity index (χ2v) is 5.81. The van der Waals surface area contributed by atoms with E-state index in [2.05, 4.69) is 10.6 Å². The number of nitrogens with one attached hydrogen (secondary N) is 2. The van der Waals surface area contributed by atoms with Gasteiger partial charge in [0.05, 0.1) is 12.6 Å². The van der Waals surface area contributed by atoms with Crippen molar-refractivity contribution < 1.29 is 18.3 Å². The SMILES string of the molecule is COCCC1(CNC(=O)C2CC(F)(F)CN2)CCC1. The Labute approximate surface area is 112 Å². The van der Waals surface area contributed by atoms with Gasteiger partial charge in [0, 0.05) is 26.7 Å². The molecule has 1 saturated carbocycles. The van der Waals surface area contributed by atoms with Crippen LogP contribution in [0.1, 0.15) is 32.1 Å². The Balaban J connectivity index is 1.77. The molecule has 0 aromatic rings. The molecule has 0 bridgehead atoms. The number of carbonyl (C=O) groups excluding carboxylic acids is 1. The molecule has 0 aromatic heterocycles. The van der Waals surface area contributed by atoms with Crippen LogP contribution in [0.2, 0.25) is 0 Å². The minimum atomic E-state index is -2.76. The van der Waals surface area contributed by atoms with E-state index in [0.717, 1.165) is 19.3 Å². The summed E-state index contributed by atoms with van der Waals surface area (Å²) in [5, 5.41) is 5.40. The summed E-state index contributed by atoms with van der Waals surface area (Å²) in [6, 6.07) is -0.755. The fourth-order valence-corrected chi connectivity index (χ4v) is 2.81. The van der Waals surface area contributed by atoms with Gasteiger partial charge in [-0.3, -0.25) is 10.1 Å². The van der Waals surface area contributed by atoms with E-state index in [1.54, 1.807) is 7.11 Å². The van der Waals surface area contributed by atoms with Gasteiger partial charge in [0.1, 0.15) is 0 Å². The van der Waals surface area contributed by atoms with Crippen LogP contribution in [0.3, 0.4) is 0 Å². The summed E-state index contributed by atoms with van der Waals surface area (Å²) in [5.41, 5.74) is 0.118. The van der Waals surface area contributed by atoms with Crippen LogP contribution in [0, 0.1) is 5.41 Å². The van der Waals surface area contributed by atoms with Crippen LogP contribution in [0.5, 0.6) is 0 Å². The van der Waals surface area contributed by atoms with Gasteiger partial charge in [-0.05, 0) is 24.7 Å². The molecular weight excluding hydrogens is 254 g/mol. The summed E-state index contributed by atoms with van der Waals surface area (Å²) in [6.07, 6.45) is 3.83. The van der Waals surface area contributed by atoms with Crippen LogP contribution < -0.4 is 10.6 Å². The third-order valence-electron chi connectivity index (χ3n) is 4.31. The van der Waals surface area contributed by atoms with E-state index < -0.39 is 24.9 Å². The second kappa shape index (κ2) is 5.71. The lowest BCUT2D eigenvalue weighted by molar-refractivity contribution is -0.124. The summed E-state index contributed by atoms with van der Waals surface area (Å²) < 4.78 is 31.1. The number of rotatable bonds is 6. The van der Waals surface area contributed by atoms with Gasteiger partial charge in [0.2, 0.25) is 5.91 Å². The van der Waals surface area contributed by atoms with E-state index in [0.29, 0.717) is 13.2 Å². The van der Waals surface area contributed by atoms with Crippen LogP contribution in [0.4, 0.5) is 8.78 Å². The van der Waals surface area contributed by atoms with Crippen molar-refractivity contribution >= 4 is 5.91 Å². The Morgan fingerprint density at radius 1 is 1.47 bits per heavy atom. The van der Waals surface area contributed by atoms with Crippen molar-refractivity contribution in [1.29, 1.82) is 0 Å². The molecule has 1 saturated heterocycles. The molecule has 4 nitrogen and oxygen atoms in total. The van der Waals surface area contributed by atoms with Crippen molar-refractivity contribution in [3.8, 4) is 0 Å². The Bertz CT molecular complexity index is 333. The smallest absolute Gasteiger partial charge is 0.262 e. The van der Waals surface area contributed by atoms with E-state index in [9.17, 15) is 13.6 Å². The number of amides is 1. The summed E-state index contributed by atoms with van der Waals surface area (Å²) in [7, 11) is 1.66. The fourth-order valence-electron chi connectivity index (χ4n) is 2.81. The number of alkyl halides is 2. The highest BCUT2D eigenvalue weighted by Crippen LogP contribution is 2.43. The first-order chi connectivity index (χ1) is 8.96. The quantitative estimate of drug-likeness (QED) is 0.769. The van der Waals surface area contributed by atoms with Crippen molar-refractivity contribution in [3.63, 3.8) is 0 Å². The third kappa shape index (κ3) is 3.63. The van der Waals surface area contributed by atoms with E-state index in [1.165, 1.54) is 6.42 Å². The molecular formula is C13H22F2N2O2. The van der Waals surface area contributed by atoms with Gasteiger partial charge in [-0.2, -0.15) is 0 Å². The highest BCUT2D eigenvalue weighted by Gasteiger charge is 2.43. The van der Waals surface area contributed by atoms with E-state index in [-0.39, 0.29) is 11.3 Å².